The van der Waals surface area contributed by atoms with Gasteiger partial charge in [0, 0.05) is 37.4 Å². The minimum Gasteiger partial charge on any atom is -0.437 e. The number of nitrogens with zero attached hydrogens (tertiary/aromatic N) is 3. The Morgan fingerprint density at radius 1 is 1.18 bits per heavy atom. The number of amides is 2. The first kappa shape index (κ1) is 20.4. The predicted octanol–water partition coefficient (Wildman–Crippen LogP) is 2.68. The average molecular weight is 423 g/mol. The Hall–Kier alpha value is -2.35. The van der Waals surface area contributed by atoms with Crippen LogP contribution in [0.25, 0.3) is 0 Å². The molecule has 0 atom stereocenters. The standard InChI is InChI=1S/C19H20Cl2N4O3/c1-24-7-9-25(10-8-24)17(26)12-23-18(27)14-3-2-6-22-19(14)28-16-5-4-13(20)11-15(16)21/h2-6,11H,7-10,12H2,1H3,(H,23,27). The van der Waals surface area contributed by atoms with Crippen molar-refractivity contribution in [1.29, 1.82) is 0 Å². The molecule has 1 aromatic carbocycles. The molecule has 9 heteroatoms. The molecule has 1 aromatic heterocycles. The van der Waals surface area contributed by atoms with E-state index in [1.54, 1.807) is 29.2 Å². The number of carbonyl (C=O) groups excluding carboxylic acids is 2. The summed E-state index contributed by atoms with van der Waals surface area (Å²) in [6, 6.07) is 7.95. The van der Waals surface area contributed by atoms with E-state index < -0.39 is 5.91 Å². The third-order valence-corrected chi connectivity index (χ3v) is 4.90. The molecule has 1 aliphatic heterocycles. The van der Waals surface area contributed by atoms with E-state index in [0.717, 1.165) is 13.1 Å². The maximum absolute atomic E-state index is 12.6. The van der Waals surface area contributed by atoms with Crippen LogP contribution in [0.3, 0.4) is 0 Å². The van der Waals surface area contributed by atoms with Gasteiger partial charge in [0.15, 0.2) is 0 Å². The quantitative estimate of drug-likeness (QED) is 0.801. The molecule has 0 aliphatic carbocycles. The summed E-state index contributed by atoms with van der Waals surface area (Å²) in [4.78, 5) is 32.9. The molecule has 7 nitrogen and oxygen atoms in total. The number of pyridine rings is 1. The molecule has 28 heavy (non-hydrogen) atoms. The fraction of sp³-hybridized carbons (Fsp3) is 0.316. The zero-order valence-corrected chi connectivity index (χ0v) is 16.8. The smallest absolute Gasteiger partial charge is 0.257 e. The molecule has 3 rings (SSSR count). The van der Waals surface area contributed by atoms with E-state index in [0.29, 0.717) is 28.9 Å². The first-order chi connectivity index (χ1) is 13.4. The molecule has 2 amide bonds. The number of halogens is 2. The average Bonchev–Trinajstić information content (AvgIpc) is 2.69. The normalized spacial score (nSPS) is 14.6. The van der Waals surface area contributed by atoms with Crippen molar-refractivity contribution >= 4 is 35.0 Å². The van der Waals surface area contributed by atoms with Crippen LogP contribution in [0.1, 0.15) is 10.4 Å². The summed E-state index contributed by atoms with van der Waals surface area (Å²) in [6.45, 7) is 2.87. The number of likely N-dealkylation sites (N-methyl/N-ethyl adjacent to an activating group) is 1. The molecule has 2 aromatic rings. The van der Waals surface area contributed by atoms with Gasteiger partial charge in [-0.15, -0.1) is 0 Å². The predicted molar refractivity (Wildman–Crippen MR) is 107 cm³/mol. The molecule has 0 spiro atoms. The number of piperazine rings is 1. The van der Waals surface area contributed by atoms with Gasteiger partial charge in [0.05, 0.1) is 11.6 Å². The Bertz CT molecular complexity index is 870. The highest BCUT2D eigenvalue weighted by Crippen LogP contribution is 2.32. The van der Waals surface area contributed by atoms with Crippen LogP contribution in [0.5, 0.6) is 11.6 Å². The Labute approximate surface area is 173 Å². The van der Waals surface area contributed by atoms with Gasteiger partial charge >= 0.3 is 0 Å². The van der Waals surface area contributed by atoms with Gasteiger partial charge in [0.1, 0.15) is 11.3 Å². The molecule has 2 heterocycles. The lowest BCUT2D eigenvalue weighted by Crippen LogP contribution is -2.50. The Kier molecular flexibility index (Phi) is 6.72. The van der Waals surface area contributed by atoms with Gasteiger partial charge in [-0.25, -0.2) is 4.98 Å². The molecule has 0 unspecified atom stereocenters. The number of aromatic nitrogens is 1. The lowest BCUT2D eigenvalue weighted by atomic mass is 10.2. The minimum absolute atomic E-state index is 0.0847. The van der Waals surface area contributed by atoms with Crippen LogP contribution in [0.15, 0.2) is 36.5 Å². The summed E-state index contributed by atoms with van der Waals surface area (Å²) < 4.78 is 5.69. The molecule has 0 bridgehead atoms. The number of hydrogen-bond acceptors (Lipinski definition) is 5. The molecular weight excluding hydrogens is 403 g/mol. The fourth-order valence-corrected chi connectivity index (χ4v) is 3.17. The summed E-state index contributed by atoms with van der Waals surface area (Å²) in [5, 5.41) is 3.41. The summed E-state index contributed by atoms with van der Waals surface area (Å²) >= 11 is 12.0. The summed E-state index contributed by atoms with van der Waals surface area (Å²) in [7, 11) is 2.01. The van der Waals surface area contributed by atoms with E-state index in [-0.39, 0.29) is 23.9 Å². The number of nitrogens with one attached hydrogen (secondary N) is 1. The summed E-state index contributed by atoms with van der Waals surface area (Å²) in [6.07, 6.45) is 1.51. The van der Waals surface area contributed by atoms with Crippen molar-refractivity contribution in [2.45, 2.75) is 0 Å². The lowest BCUT2D eigenvalue weighted by molar-refractivity contribution is -0.131. The van der Waals surface area contributed by atoms with Crippen molar-refractivity contribution < 1.29 is 14.3 Å². The van der Waals surface area contributed by atoms with Crippen LogP contribution in [-0.4, -0.2) is 66.4 Å². The van der Waals surface area contributed by atoms with Crippen molar-refractivity contribution in [3.8, 4) is 11.6 Å². The van der Waals surface area contributed by atoms with E-state index in [9.17, 15) is 9.59 Å². The number of hydrogen-bond donors (Lipinski definition) is 1. The monoisotopic (exact) mass is 422 g/mol. The zero-order valence-electron chi connectivity index (χ0n) is 15.3. The third-order valence-electron chi connectivity index (χ3n) is 4.37. The molecule has 1 aliphatic rings. The van der Waals surface area contributed by atoms with E-state index >= 15 is 0 Å². The minimum atomic E-state index is -0.448. The second-order valence-electron chi connectivity index (χ2n) is 6.40. The van der Waals surface area contributed by atoms with Gasteiger partial charge < -0.3 is 19.9 Å². The van der Waals surface area contributed by atoms with Gasteiger partial charge in [0.2, 0.25) is 11.8 Å². The van der Waals surface area contributed by atoms with Crippen molar-refractivity contribution in [2.24, 2.45) is 0 Å². The third kappa shape index (κ3) is 5.13. The number of ether oxygens (including phenoxy) is 1. The zero-order chi connectivity index (χ0) is 20.1. The maximum Gasteiger partial charge on any atom is 0.257 e. The van der Waals surface area contributed by atoms with Crippen LogP contribution in [0, 0.1) is 0 Å². The Morgan fingerprint density at radius 2 is 1.93 bits per heavy atom. The number of benzene rings is 1. The fourth-order valence-electron chi connectivity index (χ4n) is 2.73. The number of rotatable bonds is 5. The molecular formula is C19H20Cl2N4O3. The van der Waals surface area contributed by atoms with Gasteiger partial charge in [-0.1, -0.05) is 23.2 Å². The summed E-state index contributed by atoms with van der Waals surface area (Å²) in [5.41, 5.74) is 0.208. The van der Waals surface area contributed by atoms with Gasteiger partial charge in [-0.05, 0) is 37.4 Å². The van der Waals surface area contributed by atoms with Crippen LogP contribution in [-0.2, 0) is 4.79 Å². The molecule has 1 fully saturated rings. The van der Waals surface area contributed by atoms with Gasteiger partial charge in [-0.2, -0.15) is 0 Å². The van der Waals surface area contributed by atoms with Crippen molar-refractivity contribution in [3.05, 3.63) is 52.1 Å². The Balaban J connectivity index is 1.65. The molecule has 148 valence electrons. The van der Waals surface area contributed by atoms with Crippen LogP contribution < -0.4 is 10.1 Å². The highest BCUT2D eigenvalue weighted by atomic mass is 35.5. The topological polar surface area (TPSA) is 74.8 Å². The Morgan fingerprint density at radius 3 is 2.64 bits per heavy atom. The molecule has 0 radical (unpaired) electrons. The highest BCUT2D eigenvalue weighted by molar-refractivity contribution is 6.35. The number of carbonyl (C=O) groups is 2. The SMILES string of the molecule is CN1CCN(C(=O)CNC(=O)c2cccnc2Oc2ccc(Cl)cc2Cl)CC1. The summed E-state index contributed by atoms with van der Waals surface area (Å²) in [5.74, 6) is -0.146. The first-order valence-corrected chi connectivity index (χ1v) is 9.52. The molecule has 1 saturated heterocycles. The lowest BCUT2D eigenvalue weighted by Gasteiger charge is -2.32. The van der Waals surface area contributed by atoms with Crippen LogP contribution >= 0.6 is 23.2 Å². The van der Waals surface area contributed by atoms with E-state index in [1.165, 1.54) is 12.3 Å². The van der Waals surface area contributed by atoms with Crippen molar-refractivity contribution in [1.82, 2.24) is 20.1 Å². The van der Waals surface area contributed by atoms with E-state index in [4.69, 9.17) is 27.9 Å². The second kappa shape index (κ2) is 9.23. The van der Waals surface area contributed by atoms with Crippen molar-refractivity contribution in [2.75, 3.05) is 39.8 Å². The maximum atomic E-state index is 12.6. The van der Waals surface area contributed by atoms with E-state index in [1.807, 2.05) is 7.05 Å². The van der Waals surface area contributed by atoms with Gasteiger partial charge in [-0.3, -0.25) is 9.59 Å². The first-order valence-electron chi connectivity index (χ1n) is 8.76. The highest BCUT2D eigenvalue weighted by Gasteiger charge is 2.21. The second-order valence-corrected chi connectivity index (χ2v) is 7.24. The van der Waals surface area contributed by atoms with Gasteiger partial charge in [0.25, 0.3) is 5.91 Å². The van der Waals surface area contributed by atoms with Crippen LogP contribution in [0.4, 0.5) is 0 Å². The van der Waals surface area contributed by atoms with E-state index in [2.05, 4.69) is 15.2 Å². The van der Waals surface area contributed by atoms with Crippen molar-refractivity contribution in [3.63, 3.8) is 0 Å². The van der Waals surface area contributed by atoms with Crippen LogP contribution in [0.2, 0.25) is 10.0 Å². The largest absolute Gasteiger partial charge is 0.437 e. The molecule has 0 saturated carbocycles. The molecule has 1 N–H and O–H groups in total.